The fourth-order valence-corrected chi connectivity index (χ4v) is 6.21. The SMILES string of the molecule is CSc1nc(SCC(=O)Nc2nccs2)c2c3c(sc2n1)C[NH+](C)CC3. The zero-order valence-electron chi connectivity index (χ0n) is 14.4. The number of quaternary nitrogens is 1. The zero-order chi connectivity index (χ0) is 18.1. The number of nitrogens with zero attached hydrogens (tertiary/aromatic N) is 3. The van der Waals surface area contributed by atoms with Crippen molar-refractivity contribution in [2.45, 2.75) is 23.1 Å². The van der Waals surface area contributed by atoms with Crippen molar-refractivity contribution in [1.29, 1.82) is 0 Å². The third-order valence-corrected chi connectivity index (χ3v) is 7.48. The number of thiazole rings is 1. The Balaban J connectivity index is 1.61. The third-order valence-electron chi connectivity index (χ3n) is 4.15. The van der Waals surface area contributed by atoms with Gasteiger partial charge in [0.15, 0.2) is 10.3 Å². The second kappa shape index (κ2) is 7.81. The van der Waals surface area contributed by atoms with E-state index in [2.05, 4.69) is 17.3 Å². The lowest BCUT2D eigenvalue weighted by atomic mass is 10.1. The molecular formula is C16H18N5OS4+. The van der Waals surface area contributed by atoms with Crippen LogP contribution in [0.3, 0.4) is 0 Å². The summed E-state index contributed by atoms with van der Waals surface area (Å²) in [4.78, 5) is 29.7. The Kier molecular flexibility index (Phi) is 5.46. The van der Waals surface area contributed by atoms with Gasteiger partial charge in [-0.1, -0.05) is 23.5 Å². The summed E-state index contributed by atoms with van der Waals surface area (Å²) < 4.78 is 0. The molecule has 0 fully saturated rings. The molecule has 1 unspecified atom stereocenters. The molecule has 0 bridgehead atoms. The van der Waals surface area contributed by atoms with Gasteiger partial charge in [-0.3, -0.25) is 4.79 Å². The van der Waals surface area contributed by atoms with Crippen LogP contribution < -0.4 is 10.2 Å². The number of amides is 1. The van der Waals surface area contributed by atoms with Crippen molar-refractivity contribution in [2.75, 3.05) is 30.9 Å². The first-order valence-corrected chi connectivity index (χ1v) is 12.0. The number of anilines is 1. The first-order chi connectivity index (χ1) is 12.6. The first-order valence-electron chi connectivity index (χ1n) is 8.13. The van der Waals surface area contributed by atoms with Crippen molar-refractivity contribution < 1.29 is 9.69 Å². The molecule has 0 saturated carbocycles. The van der Waals surface area contributed by atoms with Crippen LogP contribution in [0.4, 0.5) is 5.13 Å². The Labute approximate surface area is 167 Å². The lowest BCUT2D eigenvalue weighted by Gasteiger charge is -2.19. The van der Waals surface area contributed by atoms with Crippen molar-refractivity contribution in [3.8, 4) is 0 Å². The van der Waals surface area contributed by atoms with Gasteiger partial charge in [0.1, 0.15) is 16.4 Å². The molecule has 10 heteroatoms. The Hall–Kier alpha value is -1.20. The van der Waals surface area contributed by atoms with Gasteiger partial charge in [-0.05, 0) is 11.8 Å². The normalized spacial score (nSPS) is 16.6. The second-order valence-corrected chi connectivity index (χ2v) is 9.72. The van der Waals surface area contributed by atoms with Crippen LogP contribution in [0.1, 0.15) is 10.4 Å². The van der Waals surface area contributed by atoms with E-state index in [0.29, 0.717) is 10.9 Å². The number of rotatable bonds is 5. The lowest BCUT2D eigenvalue weighted by molar-refractivity contribution is -0.895. The molecule has 1 aliphatic rings. The van der Waals surface area contributed by atoms with Crippen LogP contribution in [-0.4, -0.2) is 46.5 Å². The maximum atomic E-state index is 12.2. The Bertz CT molecular complexity index is 940. The van der Waals surface area contributed by atoms with Crippen molar-refractivity contribution in [3.05, 3.63) is 22.0 Å². The minimum Gasteiger partial charge on any atom is -0.333 e. The molecule has 0 aromatic carbocycles. The van der Waals surface area contributed by atoms with E-state index in [0.717, 1.165) is 39.9 Å². The summed E-state index contributed by atoms with van der Waals surface area (Å²) in [7, 11) is 2.23. The van der Waals surface area contributed by atoms with Crippen LogP contribution in [0.5, 0.6) is 0 Å². The number of thioether (sulfide) groups is 2. The predicted molar refractivity (Wildman–Crippen MR) is 110 cm³/mol. The van der Waals surface area contributed by atoms with Gasteiger partial charge in [0, 0.05) is 23.4 Å². The second-order valence-electron chi connectivity index (χ2n) is 6.01. The molecule has 1 atom stereocenters. The number of hydrogen-bond donors (Lipinski definition) is 2. The van der Waals surface area contributed by atoms with Crippen LogP contribution in [0.15, 0.2) is 21.8 Å². The molecule has 0 radical (unpaired) electrons. The van der Waals surface area contributed by atoms with E-state index >= 15 is 0 Å². The molecule has 26 heavy (non-hydrogen) atoms. The average molecular weight is 425 g/mol. The lowest BCUT2D eigenvalue weighted by Crippen LogP contribution is -3.08. The molecule has 4 rings (SSSR count). The van der Waals surface area contributed by atoms with Crippen molar-refractivity contribution in [3.63, 3.8) is 0 Å². The highest BCUT2D eigenvalue weighted by atomic mass is 32.2. The fourth-order valence-electron chi connectivity index (χ4n) is 2.93. The molecule has 0 saturated heterocycles. The standard InChI is InChI=1S/C16H17N5OS4/c1-21-5-3-9-10(7-21)26-14-12(9)13(19-16(20-14)23-2)25-8-11(22)18-15-17-4-6-24-15/h4,6H,3,5,7-8H2,1-2H3,(H,17,18,22)/p+1. The number of likely N-dealkylation sites (N-methyl/N-ethyl adjacent to an activating group) is 1. The van der Waals surface area contributed by atoms with E-state index in [4.69, 9.17) is 9.97 Å². The quantitative estimate of drug-likeness (QED) is 0.372. The van der Waals surface area contributed by atoms with Crippen LogP contribution in [-0.2, 0) is 17.8 Å². The monoisotopic (exact) mass is 424 g/mol. The molecule has 4 heterocycles. The van der Waals surface area contributed by atoms with Gasteiger partial charge in [-0.2, -0.15) is 0 Å². The maximum Gasteiger partial charge on any atom is 0.236 e. The number of fused-ring (bicyclic) bond motifs is 3. The highest BCUT2D eigenvalue weighted by Gasteiger charge is 2.25. The van der Waals surface area contributed by atoms with E-state index in [1.54, 1.807) is 17.5 Å². The van der Waals surface area contributed by atoms with Gasteiger partial charge >= 0.3 is 0 Å². The summed E-state index contributed by atoms with van der Waals surface area (Å²) in [5.74, 6) is 0.255. The molecule has 6 nitrogen and oxygen atoms in total. The largest absolute Gasteiger partial charge is 0.333 e. The van der Waals surface area contributed by atoms with Gasteiger partial charge in [0.25, 0.3) is 0 Å². The van der Waals surface area contributed by atoms with Crippen molar-refractivity contribution >= 4 is 67.5 Å². The fraction of sp³-hybridized carbons (Fsp3) is 0.375. The molecule has 3 aromatic rings. The maximum absolute atomic E-state index is 12.2. The Morgan fingerprint density at radius 3 is 3.08 bits per heavy atom. The molecule has 0 aliphatic carbocycles. The number of hydrogen-bond acceptors (Lipinski definition) is 8. The number of nitrogens with one attached hydrogen (secondary N) is 2. The average Bonchev–Trinajstić information content (AvgIpc) is 3.25. The summed E-state index contributed by atoms with van der Waals surface area (Å²) in [5, 5.41) is 8.15. The van der Waals surface area contributed by atoms with Crippen LogP contribution >= 0.6 is 46.2 Å². The summed E-state index contributed by atoms with van der Waals surface area (Å²) in [6, 6.07) is 0. The van der Waals surface area contributed by atoms with E-state index in [1.807, 2.05) is 11.6 Å². The zero-order valence-corrected chi connectivity index (χ0v) is 17.6. The Morgan fingerprint density at radius 2 is 2.31 bits per heavy atom. The van der Waals surface area contributed by atoms with E-state index < -0.39 is 0 Å². The molecule has 1 aliphatic heterocycles. The third kappa shape index (κ3) is 3.74. The molecule has 136 valence electrons. The van der Waals surface area contributed by atoms with Crippen molar-refractivity contribution in [2.24, 2.45) is 0 Å². The molecule has 3 aromatic heterocycles. The highest BCUT2D eigenvalue weighted by Crippen LogP contribution is 2.37. The van der Waals surface area contributed by atoms with E-state index in [9.17, 15) is 4.79 Å². The summed E-state index contributed by atoms with van der Waals surface area (Å²) in [6.07, 6.45) is 4.71. The van der Waals surface area contributed by atoms with Gasteiger partial charge in [0.2, 0.25) is 5.91 Å². The molecule has 0 spiro atoms. The predicted octanol–water partition coefficient (Wildman–Crippen LogP) is 2.17. The van der Waals surface area contributed by atoms with E-state index in [-0.39, 0.29) is 5.91 Å². The van der Waals surface area contributed by atoms with Crippen LogP contribution in [0.2, 0.25) is 0 Å². The van der Waals surface area contributed by atoms with Crippen LogP contribution in [0, 0.1) is 0 Å². The minimum atomic E-state index is -0.0595. The van der Waals surface area contributed by atoms with E-state index in [1.165, 1.54) is 50.2 Å². The summed E-state index contributed by atoms with van der Waals surface area (Å²) >= 11 is 6.22. The van der Waals surface area contributed by atoms with Gasteiger partial charge < -0.3 is 10.2 Å². The number of aromatic nitrogens is 3. The molecular weight excluding hydrogens is 406 g/mol. The van der Waals surface area contributed by atoms with Gasteiger partial charge in [-0.15, -0.1) is 22.7 Å². The molecule has 2 N–H and O–H groups in total. The Morgan fingerprint density at radius 1 is 1.42 bits per heavy atom. The summed E-state index contributed by atoms with van der Waals surface area (Å²) in [6.45, 7) is 2.16. The minimum absolute atomic E-state index is 0.0595. The van der Waals surface area contributed by atoms with Gasteiger partial charge in [0.05, 0.1) is 24.2 Å². The summed E-state index contributed by atoms with van der Waals surface area (Å²) in [5.41, 5.74) is 1.38. The molecule has 1 amide bonds. The smallest absolute Gasteiger partial charge is 0.236 e. The first kappa shape index (κ1) is 18.2. The number of carbonyl (C=O) groups excluding carboxylic acids is 1. The number of carbonyl (C=O) groups is 1. The number of thiophene rings is 1. The van der Waals surface area contributed by atoms with Gasteiger partial charge in [-0.25, -0.2) is 15.0 Å². The van der Waals surface area contributed by atoms with Crippen molar-refractivity contribution in [1.82, 2.24) is 15.0 Å². The van der Waals surface area contributed by atoms with Crippen LogP contribution in [0.25, 0.3) is 10.2 Å². The topological polar surface area (TPSA) is 72.2 Å². The highest BCUT2D eigenvalue weighted by molar-refractivity contribution is 8.00.